The molecule has 0 amide bonds. The molecule has 1 heterocycles. The van der Waals surface area contributed by atoms with Gasteiger partial charge in [0, 0.05) is 26.2 Å². The monoisotopic (exact) mass is 239 g/mol. The maximum Gasteiger partial charge on any atom is 0.0673 e. The van der Waals surface area contributed by atoms with E-state index in [9.17, 15) is 0 Å². The van der Waals surface area contributed by atoms with Gasteiger partial charge in [0.1, 0.15) is 0 Å². The Hall–Kier alpha value is -0.0800. The molecule has 2 aliphatic rings. The summed E-state index contributed by atoms with van der Waals surface area (Å²) in [7, 11) is 0. The molecule has 17 heavy (non-hydrogen) atoms. The molecule has 1 saturated heterocycles. The van der Waals surface area contributed by atoms with E-state index in [1.807, 2.05) is 0 Å². The quantitative estimate of drug-likeness (QED) is 0.749. The van der Waals surface area contributed by atoms with Crippen LogP contribution >= 0.6 is 0 Å². The van der Waals surface area contributed by atoms with Crippen LogP contribution in [0.4, 0.5) is 0 Å². The second kappa shape index (κ2) is 4.89. The molecule has 0 aromatic heterocycles. The molecule has 0 bridgehead atoms. The van der Waals surface area contributed by atoms with Gasteiger partial charge >= 0.3 is 0 Å². The first kappa shape index (κ1) is 13.4. The van der Waals surface area contributed by atoms with E-state index >= 15 is 0 Å². The zero-order valence-corrected chi connectivity index (χ0v) is 12.1. The molecule has 1 atom stereocenters. The van der Waals surface area contributed by atoms with Crippen molar-refractivity contribution < 1.29 is 4.74 Å². The molecular formula is C15H29NO. The first-order valence-corrected chi connectivity index (χ1v) is 7.23. The summed E-state index contributed by atoms with van der Waals surface area (Å²) in [5.74, 6) is 0. The number of hydrogen-bond acceptors (Lipinski definition) is 2. The standard InChI is InChI=1S/C15H29NO/c1-13-10-16(8-5-9-17-13)12-15(6-7-15)11-14(2,3)4/h13H,5-12H2,1-4H3/t13-/m0/s1. The van der Waals surface area contributed by atoms with Crippen molar-refractivity contribution in [3.63, 3.8) is 0 Å². The Labute approximate surface area is 107 Å². The summed E-state index contributed by atoms with van der Waals surface area (Å²) in [4.78, 5) is 2.65. The van der Waals surface area contributed by atoms with Crippen molar-refractivity contribution in [3.8, 4) is 0 Å². The molecule has 0 aromatic rings. The summed E-state index contributed by atoms with van der Waals surface area (Å²) in [5, 5.41) is 0. The first-order valence-electron chi connectivity index (χ1n) is 7.23. The molecular weight excluding hydrogens is 210 g/mol. The molecule has 0 radical (unpaired) electrons. The lowest BCUT2D eigenvalue weighted by atomic mass is 9.82. The molecule has 0 spiro atoms. The Morgan fingerprint density at radius 2 is 2.00 bits per heavy atom. The topological polar surface area (TPSA) is 12.5 Å². The van der Waals surface area contributed by atoms with Crippen molar-refractivity contribution >= 4 is 0 Å². The fourth-order valence-corrected chi connectivity index (χ4v) is 3.39. The van der Waals surface area contributed by atoms with Gasteiger partial charge in [-0.05, 0) is 43.4 Å². The van der Waals surface area contributed by atoms with Crippen LogP contribution < -0.4 is 0 Å². The predicted octanol–water partition coefficient (Wildman–Crippen LogP) is 3.31. The molecule has 1 aliphatic heterocycles. The fraction of sp³-hybridized carbons (Fsp3) is 1.00. The van der Waals surface area contributed by atoms with Gasteiger partial charge in [-0.25, -0.2) is 0 Å². The second-order valence-electron chi connectivity index (χ2n) is 7.51. The molecule has 2 rings (SSSR count). The first-order chi connectivity index (χ1) is 7.89. The van der Waals surface area contributed by atoms with E-state index in [1.165, 1.54) is 38.8 Å². The minimum absolute atomic E-state index is 0.419. The van der Waals surface area contributed by atoms with Crippen LogP contribution in [0.15, 0.2) is 0 Å². The van der Waals surface area contributed by atoms with Gasteiger partial charge in [-0.15, -0.1) is 0 Å². The highest BCUT2D eigenvalue weighted by Crippen LogP contribution is 2.53. The molecule has 0 N–H and O–H groups in total. The third-order valence-electron chi connectivity index (χ3n) is 3.96. The van der Waals surface area contributed by atoms with E-state index in [0.29, 0.717) is 16.9 Å². The Kier molecular flexibility index (Phi) is 3.84. The SMILES string of the molecule is C[C@H]1CN(CC2(CC(C)(C)C)CC2)CCCO1. The Bertz CT molecular complexity index is 252. The summed E-state index contributed by atoms with van der Waals surface area (Å²) >= 11 is 0. The van der Waals surface area contributed by atoms with E-state index in [-0.39, 0.29) is 0 Å². The molecule has 1 aliphatic carbocycles. The normalized spacial score (nSPS) is 30.0. The summed E-state index contributed by atoms with van der Waals surface area (Å²) < 4.78 is 5.73. The smallest absolute Gasteiger partial charge is 0.0673 e. The van der Waals surface area contributed by atoms with Gasteiger partial charge in [0.25, 0.3) is 0 Å². The van der Waals surface area contributed by atoms with Crippen LogP contribution in [0.2, 0.25) is 0 Å². The maximum atomic E-state index is 5.73. The summed E-state index contributed by atoms with van der Waals surface area (Å²) in [5.41, 5.74) is 1.12. The van der Waals surface area contributed by atoms with Crippen molar-refractivity contribution in [2.45, 2.75) is 59.5 Å². The highest BCUT2D eigenvalue weighted by Gasteiger charge is 2.46. The molecule has 2 nitrogen and oxygen atoms in total. The van der Waals surface area contributed by atoms with E-state index < -0.39 is 0 Å². The lowest BCUT2D eigenvalue weighted by Crippen LogP contribution is -2.36. The van der Waals surface area contributed by atoms with Crippen LogP contribution in [-0.4, -0.2) is 37.2 Å². The van der Waals surface area contributed by atoms with Crippen LogP contribution in [0.1, 0.15) is 53.4 Å². The van der Waals surface area contributed by atoms with E-state index in [2.05, 4.69) is 32.6 Å². The third kappa shape index (κ3) is 4.26. The van der Waals surface area contributed by atoms with Gasteiger partial charge < -0.3 is 9.64 Å². The van der Waals surface area contributed by atoms with Crippen molar-refractivity contribution in [2.24, 2.45) is 10.8 Å². The van der Waals surface area contributed by atoms with Crippen LogP contribution in [0.5, 0.6) is 0 Å². The molecule has 2 fully saturated rings. The number of nitrogens with zero attached hydrogens (tertiary/aromatic N) is 1. The summed E-state index contributed by atoms with van der Waals surface area (Å²) in [6, 6.07) is 0. The minimum atomic E-state index is 0.419. The number of rotatable bonds is 3. The predicted molar refractivity (Wildman–Crippen MR) is 72.2 cm³/mol. The molecule has 100 valence electrons. The Morgan fingerprint density at radius 1 is 1.29 bits per heavy atom. The lowest BCUT2D eigenvalue weighted by Gasteiger charge is -2.31. The zero-order chi connectivity index (χ0) is 12.5. The fourth-order valence-electron chi connectivity index (χ4n) is 3.39. The molecule has 1 saturated carbocycles. The van der Waals surface area contributed by atoms with Gasteiger partial charge in [-0.3, -0.25) is 0 Å². The average molecular weight is 239 g/mol. The Morgan fingerprint density at radius 3 is 2.59 bits per heavy atom. The number of hydrogen-bond donors (Lipinski definition) is 0. The summed E-state index contributed by atoms with van der Waals surface area (Å²) in [6.07, 6.45) is 5.89. The van der Waals surface area contributed by atoms with Crippen LogP contribution in [-0.2, 0) is 4.74 Å². The minimum Gasteiger partial charge on any atom is -0.377 e. The van der Waals surface area contributed by atoms with E-state index in [0.717, 1.165) is 13.2 Å². The third-order valence-corrected chi connectivity index (χ3v) is 3.96. The zero-order valence-electron chi connectivity index (χ0n) is 12.1. The molecule has 2 heteroatoms. The largest absolute Gasteiger partial charge is 0.377 e. The van der Waals surface area contributed by atoms with Crippen LogP contribution in [0.3, 0.4) is 0 Å². The van der Waals surface area contributed by atoms with Gasteiger partial charge in [0.15, 0.2) is 0 Å². The average Bonchev–Trinajstić information content (AvgIpc) is 2.90. The van der Waals surface area contributed by atoms with Gasteiger partial charge in [-0.2, -0.15) is 0 Å². The Balaban J connectivity index is 1.87. The van der Waals surface area contributed by atoms with Gasteiger partial charge in [-0.1, -0.05) is 20.8 Å². The van der Waals surface area contributed by atoms with Crippen molar-refractivity contribution in [1.82, 2.24) is 4.90 Å². The van der Waals surface area contributed by atoms with Crippen molar-refractivity contribution in [2.75, 3.05) is 26.2 Å². The highest BCUT2D eigenvalue weighted by molar-refractivity contribution is 4.98. The van der Waals surface area contributed by atoms with Gasteiger partial charge in [0.2, 0.25) is 0 Å². The molecule has 0 aromatic carbocycles. The van der Waals surface area contributed by atoms with Crippen molar-refractivity contribution in [3.05, 3.63) is 0 Å². The second-order valence-corrected chi connectivity index (χ2v) is 7.51. The van der Waals surface area contributed by atoms with Crippen LogP contribution in [0, 0.1) is 10.8 Å². The van der Waals surface area contributed by atoms with E-state index in [4.69, 9.17) is 4.74 Å². The van der Waals surface area contributed by atoms with E-state index in [1.54, 1.807) is 0 Å². The molecule has 0 unspecified atom stereocenters. The number of ether oxygens (including phenoxy) is 1. The maximum absolute atomic E-state index is 5.73. The van der Waals surface area contributed by atoms with Crippen LogP contribution in [0.25, 0.3) is 0 Å². The highest BCUT2D eigenvalue weighted by atomic mass is 16.5. The van der Waals surface area contributed by atoms with Gasteiger partial charge in [0.05, 0.1) is 6.10 Å². The summed E-state index contributed by atoms with van der Waals surface area (Å²) in [6.45, 7) is 14.0. The lowest BCUT2D eigenvalue weighted by molar-refractivity contribution is 0.0630. The van der Waals surface area contributed by atoms with Crippen molar-refractivity contribution in [1.29, 1.82) is 0 Å².